The lowest BCUT2D eigenvalue weighted by atomic mass is 9.99. The average molecular weight is 211 g/mol. The van der Waals surface area contributed by atoms with Crippen molar-refractivity contribution < 1.29 is 0 Å². The van der Waals surface area contributed by atoms with Crippen LogP contribution in [0, 0.1) is 11.3 Å². The van der Waals surface area contributed by atoms with Crippen molar-refractivity contribution in [1.29, 1.82) is 5.26 Å². The van der Waals surface area contributed by atoms with E-state index in [1.165, 1.54) is 0 Å². The molecular weight excluding hydrogens is 186 g/mol. The monoisotopic (exact) mass is 211 g/mol. The molecule has 0 saturated carbocycles. The Balaban J connectivity index is 4.03. The molecule has 0 aliphatic carbocycles. The third-order valence-corrected chi connectivity index (χ3v) is 2.83. The molecule has 0 spiro atoms. The second-order valence-electron chi connectivity index (χ2n) is 4.15. The van der Waals surface area contributed by atoms with E-state index in [2.05, 4.69) is 37.1 Å². The van der Waals surface area contributed by atoms with E-state index >= 15 is 0 Å². The molecule has 0 saturated heterocycles. The zero-order valence-corrected chi connectivity index (χ0v) is 10.6. The standard InChI is InChI=1S/C12H25N3/c1-5-9-14-12(4,11-13)8-10-15(6-2)7-3/h14H,5-10H2,1-4H3. The van der Waals surface area contributed by atoms with Crippen molar-refractivity contribution in [1.82, 2.24) is 10.2 Å². The second-order valence-corrected chi connectivity index (χ2v) is 4.15. The van der Waals surface area contributed by atoms with Gasteiger partial charge in [0.2, 0.25) is 0 Å². The second kappa shape index (κ2) is 7.67. The molecule has 1 N–H and O–H groups in total. The highest BCUT2D eigenvalue weighted by molar-refractivity contribution is 5.03. The van der Waals surface area contributed by atoms with E-state index in [4.69, 9.17) is 5.26 Å². The first-order valence-electron chi connectivity index (χ1n) is 6.00. The Kier molecular flexibility index (Phi) is 7.37. The van der Waals surface area contributed by atoms with Gasteiger partial charge in [-0.2, -0.15) is 5.26 Å². The highest BCUT2D eigenvalue weighted by atomic mass is 15.1. The van der Waals surface area contributed by atoms with Gasteiger partial charge in [-0.05, 0) is 39.4 Å². The molecule has 0 rings (SSSR count). The van der Waals surface area contributed by atoms with Gasteiger partial charge in [0.05, 0.1) is 6.07 Å². The first kappa shape index (κ1) is 14.4. The van der Waals surface area contributed by atoms with Crippen LogP contribution in [0.25, 0.3) is 0 Å². The fourth-order valence-corrected chi connectivity index (χ4v) is 1.51. The summed E-state index contributed by atoms with van der Waals surface area (Å²) in [6, 6.07) is 2.38. The minimum absolute atomic E-state index is 0.362. The topological polar surface area (TPSA) is 39.1 Å². The molecule has 0 amide bonds. The van der Waals surface area contributed by atoms with E-state index in [1.54, 1.807) is 0 Å². The Morgan fingerprint density at radius 2 is 1.87 bits per heavy atom. The number of nitriles is 1. The summed E-state index contributed by atoms with van der Waals surface area (Å²) in [6.45, 7) is 12.5. The van der Waals surface area contributed by atoms with Crippen LogP contribution in [0.3, 0.4) is 0 Å². The van der Waals surface area contributed by atoms with Gasteiger partial charge in [-0.15, -0.1) is 0 Å². The summed E-state index contributed by atoms with van der Waals surface area (Å²) >= 11 is 0. The van der Waals surface area contributed by atoms with Gasteiger partial charge in [-0.1, -0.05) is 20.8 Å². The lowest BCUT2D eigenvalue weighted by molar-refractivity contribution is 0.266. The molecule has 0 aromatic heterocycles. The summed E-state index contributed by atoms with van der Waals surface area (Å²) < 4.78 is 0. The SMILES string of the molecule is CCCNC(C)(C#N)CCN(CC)CC. The lowest BCUT2D eigenvalue weighted by Gasteiger charge is -2.27. The Bertz CT molecular complexity index is 194. The summed E-state index contributed by atoms with van der Waals surface area (Å²) in [5, 5.41) is 12.5. The number of nitrogens with one attached hydrogen (secondary N) is 1. The molecule has 0 aliphatic rings. The van der Waals surface area contributed by atoms with Crippen LogP contribution in [0.4, 0.5) is 0 Å². The van der Waals surface area contributed by atoms with Gasteiger partial charge in [-0.3, -0.25) is 5.32 Å². The van der Waals surface area contributed by atoms with Gasteiger partial charge in [-0.25, -0.2) is 0 Å². The molecule has 3 heteroatoms. The quantitative estimate of drug-likeness (QED) is 0.667. The number of hydrogen-bond donors (Lipinski definition) is 1. The normalized spacial score (nSPS) is 14.9. The van der Waals surface area contributed by atoms with Crippen molar-refractivity contribution in [3.63, 3.8) is 0 Å². The van der Waals surface area contributed by atoms with E-state index in [9.17, 15) is 0 Å². The van der Waals surface area contributed by atoms with Crippen molar-refractivity contribution >= 4 is 0 Å². The van der Waals surface area contributed by atoms with Crippen LogP contribution in [-0.4, -0.2) is 36.6 Å². The molecule has 0 aromatic rings. The van der Waals surface area contributed by atoms with Gasteiger partial charge in [0, 0.05) is 6.54 Å². The van der Waals surface area contributed by atoms with Gasteiger partial charge < -0.3 is 4.90 Å². The van der Waals surface area contributed by atoms with Crippen LogP contribution in [-0.2, 0) is 0 Å². The third kappa shape index (κ3) is 5.76. The van der Waals surface area contributed by atoms with E-state index in [0.29, 0.717) is 0 Å². The lowest BCUT2D eigenvalue weighted by Crippen LogP contribution is -2.44. The van der Waals surface area contributed by atoms with Crippen LogP contribution < -0.4 is 5.32 Å². The Morgan fingerprint density at radius 1 is 1.27 bits per heavy atom. The van der Waals surface area contributed by atoms with E-state index in [0.717, 1.165) is 39.0 Å². The van der Waals surface area contributed by atoms with E-state index < -0.39 is 0 Å². The smallest absolute Gasteiger partial charge is 0.105 e. The molecule has 0 aromatic carbocycles. The maximum atomic E-state index is 9.14. The fourth-order valence-electron chi connectivity index (χ4n) is 1.51. The maximum Gasteiger partial charge on any atom is 0.105 e. The maximum absolute atomic E-state index is 9.14. The third-order valence-electron chi connectivity index (χ3n) is 2.83. The minimum atomic E-state index is -0.362. The molecule has 1 atom stereocenters. The first-order valence-corrected chi connectivity index (χ1v) is 6.00. The van der Waals surface area contributed by atoms with Gasteiger partial charge in [0.25, 0.3) is 0 Å². The zero-order valence-electron chi connectivity index (χ0n) is 10.6. The molecular formula is C12H25N3. The van der Waals surface area contributed by atoms with Crippen molar-refractivity contribution in [2.24, 2.45) is 0 Å². The summed E-state index contributed by atoms with van der Waals surface area (Å²) in [4.78, 5) is 2.35. The van der Waals surface area contributed by atoms with E-state index in [-0.39, 0.29) is 5.54 Å². The molecule has 15 heavy (non-hydrogen) atoms. The van der Waals surface area contributed by atoms with Crippen LogP contribution in [0.5, 0.6) is 0 Å². The summed E-state index contributed by atoms with van der Waals surface area (Å²) in [5.74, 6) is 0. The molecule has 88 valence electrons. The molecule has 0 radical (unpaired) electrons. The predicted molar refractivity (Wildman–Crippen MR) is 64.7 cm³/mol. The first-order chi connectivity index (χ1) is 7.11. The van der Waals surface area contributed by atoms with Crippen LogP contribution in [0.2, 0.25) is 0 Å². The van der Waals surface area contributed by atoms with Crippen LogP contribution in [0.15, 0.2) is 0 Å². The Labute approximate surface area is 94.5 Å². The largest absolute Gasteiger partial charge is 0.304 e. The number of rotatable bonds is 8. The van der Waals surface area contributed by atoms with Crippen LogP contribution in [0.1, 0.15) is 40.5 Å². The van der Waals surface area contributed by atoms with Crippen molar-refractivity contribution in [2.45, 2.75) is 46.1 Å². The molecule has 3 nitrogen and oxygen atoms in total. The summed E-state index contributed by atoms with van der Waals surface area (Å²) in [7, 11) is 0. The minimum Gasteiger partial charge on any atom is -0.304 e. The van der Waals surface area contributed by atoms with Crippen molar-refractivity contribution in [3.8, 4) is 6.07 Å². The molecule has 0 fully saturated rings. The van der Waals surface area contributed by atoms with Crippen LogP contribution >= 0.6 is 0 Å². The predicted octanol–water partition coefficient (Wildman–Crippen LogP) is 2.00. The van der Waals surface area contributed by atoms with Gasteiger partial charge in [0.1, 0.15) is 5.54 Å². The molecule has 0 aliphatic heterocycles. The van der Waals surface area contributed by atoms with Crippen molar-refractivity contribution in [3.05, 3.63) is 0 Å². The van der Waals surface area contributed by atoms with Gasteiger partial charge >= 0.3 is 0 Å². The van der Waals surface area contributed by atoms with Gasteiger partial charge in [0.15, 0.2) is 0 Å². The Hall–Kier alpha value is -0.590. The number of nitrogens with zero attached hydrogens (tertiary/aromatic N) is 2. The Morgan fingerprint density at radius 3 is 2.27 bits per heavy atom. The zero-order chi connectivity index (χ0) is 11.7. The molecule has 1 unspecified atom stereocenters. The molecule has 0 bridgehead atoms. The summed E-state index contributed by atoms with van der Waals surface area (Å²) in [5.41, 5.74) is -0.362. The summed E-state index contributed by atoms with van der Waals surface area (Å²) in [6.07, 6.45) is 1.97. The molecule has 0 heterocycles. The highest BCUT2D eigenvalue weighted by Gasteiger charge is 2.22. The number of hydrogen-bond acceptors (Lipinski definition) is 3. The highest BCUT2D eigenvalue weighted by Crippen LogP contribution is 2.09. The van der Waals surface area contributed by atoms with Crippen molar-refractivity contribution in [2.75, 3.05) is 26.2 Å². The fraction of sp³-hybridized carbons (Fsp3) is 0.917. The van der Waals surface area contributed by atoms with E-state index in [1.807, 2.05) is 6.92 Å². The average Bonchev–Trinajstić information content (AvgIpc) is 2.28.